The molecule has 1 aromatic heterocycles. The van der Waals surface area contributed by atoms with Gasteiger partial charge in [-0.3, -0.25) is 0 Å². The van der Waals surface area contributed by atoms with Crippen LogP contribution in [-0.2, 0) is 0 Å². The zero-order valence-electron chi connectivity index (χ0n) is 9.75. The van der Waals surface area contributed by atoms with Gasteiger partial charge in [-0.2, -0.15) is 0 Å². The third-order valence-corrected chi connectivity index (χ3v) is 3.27. The Bertz CT molecular complexity index is 477. The van der Waals surface area contributed by atoms with Crippen LogP contribution < -0.4 is 5.73 Å². The fourth-order valence-corrected chi connectivity index (χ4v) is 1.85. The summed E-state index contributed by atoms with van der Waals surface area (Å²) in [4.78, 5) is 0. The maximum Gasteiger partial charge on any atom is 0.134 e. The van der Waals surface area contributed by atoms with Gasteiger partial charge in [-0.05, 0) is 36.6 Å². The van der Waals surface area contributed by atoms with Crippen LogP contribution in [0.25, 0.3) is 11.0 Å². The second-order valence-corrected chi connectivity index (χ2v) is 4.96. The molecular formula is C13H16ClNO. The summed E-state index contributed by atoms with van der Waals surface area (Å²) in [5, 5.41) is 1.78. The summed E-state index contributed by atoms with van der Waals surface area (Å²) in [5.41, 5.74) is 7.93. The normalized spacial score (nSPS) is 13.6. The Morgan fingerprint density at radius 2 is 1.94 bits per heavy atom. The smallest absolute Gasteiger partial charge is 0.134 e. The Balaban J connectivity index is 2.52. The molecule has 2 aromatic rings. The molecule has 0 spiro atoms. The van der Waals surface area contributed by atoms with E-state index >= 15 is 0 Å². The molecule has 1 atom stereocenters. The van der Waals surface area contributed by atoms with E-state index in [2.05, 4.69) is 13.8 Å². The van der Waals surface area contributed by atoms with E-state index in [1.54, 1.807) is 0 Å². The molecule has 0 aliphatic heterocycles. The lowest BCUT2D eigenvalue weighted by molar-refractivity contribution is 0.418. The van der Waals surface area contributed by atoms with Crippen LogP contribution in [0, 0.1) is 12.8 Å². The Hall–Kier alpha value is -0.990. The maximum absolute atomic E-state index is 6.07. The van der Waals surface area contributed by atoms with Gasteiger partial charge in [0.05, 0.1) is 6.04 Å². The zero-order valence-corrected chi connectivity index (χ0v) is 10.5. The summed E-state index contributed by atoms with van der Waals surface area (Å²) in [7, 11) is 0. The minimum Gasteiger partial charge on any atom is -0.459 e. The highest BCUT2D eigenvalue weighted by molar-refractivity contribution is 6.32. The van der Waals surface area contributed by atoms with E-state index in [1.807, 2.05) is 25.1 Å². The second-order valence-electron chi connectivity index (χ2n) is 4.56. The van der Waals surface area contributed by atoms with Crippen LogP contribution in [0.1, 0.15) is 31.2 Å². The summed E-state index contributed by atoms with van der Waals surface area (Å²) in [6.45, 7) is 6.12. The van der Waals surface area contributed by atoms with Crippen LogP contribution >= 0.6 is 11.6 Å². The molecule has 3 heteroatoms. The van der Waals surface area contributed by atoms with Crippen molar-refractivity contribution in [1.82, 2.24) is 0 Å². The van der Waals surface area contributed by atoms with Crippen molar-refractivity contribution in [3.8, 4) is 0 Å². The molecule has 2 nitrogen and oxygen atoms in total. The van der Waals surface area contributed by atoms with Gasteiger partial charge in [-0.15, -0.1) is 0 Å². The van der Waals surface area contributed by atoms with E-state index in [-0.39, 0.29) is 6.04 Å². The molecule has 16 heavy (non-hydrogen) atoms. The van der Waals surface area contributed by atoms with E-state index in [1.165, 1.54) is 0 Å². The number of aryl methyl sites for hydroxylation is 1. The lowest BCUT2D eigenvalue weighted by atomic mass is 10.0. The molecule has 0 radical (unpaired) electrons. The van der Waals surface area contributed by atoms with Crippen molar-refractivity contribution in [2.75, 3.05) is 0 Å². The zero-order chi connectivity index (χ0) is 11.9. The predicted octanol–water partition coefficient (Wildman–Crippen LogP) is 4.05. The van der Waals surface area contributed by atoms with Crippen LogP contribution in [0.15, 0.2) is 22.6 Å². The van der Waals surface area contributed by atoms with Gasteiger partial charge < -0.3 is 10.2 Å². The fraction of sp³-hybridized carbons (Fsp3) is 0.385. The summed E-state index contributed by atoms with van der Waals surface area (Å²) in [6, 6.07) is 5.79. The van der Waals surface area contributed by atoms with Crippen molar-refractivity contribution in [2.24, 2.45) is 11.7 Å². The number of hydrogen-bond acceptors (Lipinski definition) is 2. The molecule has 0 amide bonds. The standard InChI is InChI=1S/C13H16ClNO/c1-7(2)13(15)12-6-9-5-10(14)8(3)4-11(9)16-12/h4-7,13H,15H2,1-3H3. The first-order valence-electron chi connectivity index (χ1n) is 5.44. The SMILES string of the molecule is Cc1cc2oc(C(N)C(C)C)cc2cc1Cl. The van der Waals surface area contributed by atoms with Gasteiger partial charge in [-0.25, -0.2) is 0 Å². The predicted molar refractivity (Wildman–Crippen MR) is 67.7 cm³/mol. The number of benzene rings is 1. The molecule has 0 fully saturated rings. The van der Waals surface area contributed by atoms with E-state index < -0.39 is 0 Å². The minimum atomic E-state index is -0.0634. The molecular weight excluding hydrogens is 222 g/mol. The van der Waals surface area contributed by atoms with Gasteiger partial charge in [0.2, 0.25) is 0 Å². The van der Waals surface area contributed by atoms with Gasteiger partial charge in [-0.1, -0.05) is 25.4 Å². The monoisotopic (exact) mass is 237 g/mol. The first-order valence-corrected chi connectivity index (χ1v) is 5.82. The third kappa shape index (κ3) is 1.95. The third-order valence-electron chi connectivity index (χ3n) is 2.86. The van der Waals surface area contributed by atoms with Gasteiger partial charge in [0.25, 0.3) is 0 Å². The molecule has 2 N–H and O–H groups in total. The number of halogens is 1. The molecule has 1 unspecified atom stereocenters. The largest absolute Gasteiger partial charge is 0.459 e. The van der Waals surface area contributed by atoms with Crippen molar-refractivity contribution in [2.45, 2.75) is 26.8 Å². The molecule has 0 saturated carbocycles. The van der Waals surface area contributed by atoms with E-state index in [0.29, 0.717) is 5.92 Å². The molecule has 0 aliphatic rings. The fourth-order valence-electron chi connectivity index (χ4n) is 1.67. The van der Waals surface area contributed by atoms with Crippen molar-refractivity contribution in [3.05, 3.63) is 34.5 Å². The molecule has 0 saturated heterocycles. The van der Waals surface area contributed by atoms with Crippen LogP contribution in [0.4, 0.5) is 0 Å². The van der Waals surface area contributed by atoms with Gasteiger partial charge in [0, 0.05) is 10.4 Å². The van der Waals surface area contributed by atoms with Crippen LogP contribution in [0.3, 0.4) is 0 Å². The summed E-state index contributed by atoms with van der Waals surface area (Å²) < 4.78 is 5.74. The van der Waals surface area contributed by atoms with Crippen molar-refractivity contribution >= 4 is 22.6 Å². The minimum absolute atomic E-state index is 0.0634. The highest BCUT2D eigenvalue weighted by atomic mass is 35.5. The molecule has 2 rings (SSSR count). The molecule has 0 bridgehead atoms. The number of rotatable bonds is 2. The number of hydrogen-bond donors (Lipinski definition) is 1. The van der Waals surface area contributed by atoms with Crippen molar-refractivity contribution in [1.29, 1.82) is 0 Å². The first-order chi connectivity index (χ1) is 7.49. The molecule has 1 aromatic carbocycles. The summed E-state index contributed by atoms with van der Waals surface area (Å²) in [6.07, 6.45) is 0. The van der Waals surface area contributed by atoms with Gasteiger partial charge in [0.1, 0.15) is 11.3 Å². The highest BCUT2D eigenvalue weighted by Gasteiger charge is 2.15. The van der Waals surface area contributed by atoms with E-state index in [9.17, 15) is 0 Å². The van der Waals surface area contributed by atoms with Crippen LogP contribution in [-0.4, -0.2) is 0 Å². The number of fused-ring (bicyclic) bond motifs is 1. The topological polar surface area (TPSA) is 39.2 Å². The lowest BCUT2D eigenvalue weighted by Gasteiger charge is -2.11. The average molecular weight is 238 g/mol. The summed E-state index contributed by atoms with van der Waals surface area (Å²) >= 11 is 6.07. The molecule has 86 valence electrons. The second kappa shape index (κ2) is 4.11. The first kappa shape index (κ1) is 11.5. The Morgan fingerprint density at radius 1 is 1.25 bits per heavy atom. The van der Waals surface area contributed by atoms with Gasteiger partial charge >= 0.3 is 0 Å². The lowest BCUT2D eigenvalue weighted by Crippen LogP contribution is -2.15. The molecule has 1 heterocycles. The van der Waals surface area contributed by atoms with E-state index in [4.69, 9.17) is 21.8 Å². The Labute approximate surface area is 100 Å². The average Bonchev–Trinajstić information content (AvgIpc) is 2.60. The Morgan fingerprint density at radius 3 is 2.56 bits per heavy atom. The van der Waals surface area contributed by atoms with Gasteiger partial charge in [0.15, 0.2) is 0 Å². The number of nitrogens with two attached hydrogens (primary N) is 1. The molecule has 0 aliphatic carbocycles. The Kier molecular flexibility index (Phi) is 2.96. The maximum atomic E-state index is 6.07. The van der Waals surface area contributed by atoms with Crippen LogP contribution in [0.2, 0.25) is 5.02 Å². The van der Waals surface area contributed by atoms with Crippen LogP contribution in [0.5, 0.6) is 0 Å². The summed E-state index contributed by atoms with van der Waals surface area (Å²) in [5.74, 6) is 1.18. The van der Waals surface area contributed by atoms with Crippen molar-refractivity contribution in [3.63, 3.8) is 0 Å². The number of furan rings is 1. The highest BCUT2D eigenvalue weighted by Crippen LogP contribution is 2.30. The van der Waals surface area contributed by atoms with E-state index in [0.717, 1.165) is 27.3 Å². The quantitative estimate of drug-likeness (QED) is 0.856. The van der Waals surface area contributed by atoms with Crippen molar-refractivity contribution < 1.29 is 4.42 Å².